The van der Waals surface area contributed by atoms with Crippen molar-refractivity contribution in [2.45, 2.75) is 52.0 Å². The summed E-state index contributed by atoms with van der Waals surface area (Å²) in [5, 5.41) is 0. The van der Waals surface area contributed by atoms with E-state index in [0.29, 0.717) is 12.2 Å². The number of aryl methyl sites for hydroxylation is 2. The zero-order valence-electron chi connectivity index (χ0n) is 12.7. The first-order valence-corrected chi connectivity index (χ1v) is 7.97. The van der Waals surface area contributed by atoms with Gasteiger partial charge >= 0.3 is 0 Å². The molecule has 0 bridgehead atoms. The number of Topliss-reactive ketones (excluding diaryl/α,β-unsaturated/α-hetero) is 1. The quantitative estimate of drug-likeness (QED) is 0.704. The van der Waals surface area contributed by atoms with Gasteiger partial charge in [-0.1, -0.05) is 17.2 Å². The van der Waals surface area contributed by atoms with Crippen molar-refractivity contribution < 1.29 is 4.79 Å². The van der Waals surface area contributed by atoms with Gasteiger partial charge in [0.2, 0.25) is 0 Å². The minimum Gasteiger partial charge on any atom is -0.300 e. The lowest BCUT2D eigenvalue weighted by atomic mass is 10.0. The number of hydrogen-bond acceptors (Lipinski definition) is 2. The summed E-state index contributed by atoms with van der Waals surface area (Å²) in [6.07, 6.45) is 6.14. The SMILES string of the molecule is Cc1cc(C)cc(C(=O)CCN(CC2CC2)C2CC2)c1. The summed E-state index contributed by atoms with van der Waals surface area (Å²) in [5.74, 6) is 1.23. The van der Waals surface area contributed by atoms with Crippen molar-refractivity contribution in [1.29, 1.82) is 0 Å². The van der Waals surface area contributed by atoms with Crippen LogP contribution in [0.2, 0.25) is 0 Å². The third-order valence-electron chi connectivity index (χ3n) is 4.42. The highest BCUT2D eigenvalue weighted by atomic mass is 16.1. The average molecular weight is 271 g/mol. The van der Waals surface area contributed by atoms with Crippen molar-refractivity contribution in [2.24, 2.45) is 5.92 Å². The summed E-state index contributed by atoms with van der Waals surface area (Å²) in [6.45, 7) is 6.30. The summed E-state index contributed by atoms with van der Waals surface area (Å²) >= 11 is 0. The molecule has 0 spiro atoms. The summed E-state index contributed by atoms with van der Waals surface area (Å²) in [7, 11) is 0. The van der Waals surface area contributed by atoms with E-state index in [9.17, 15) is 4.79 Å². The smallest absolute Gasteiger partial charge is 0.164 e. The van der Waals surface area contributed by atoms with Gasteiger partial charge in [-0.15, -0.1) is 0 Å². The number of benzene rings is 1. The van der Waals surface area contributed by atoms with Gasteiger partial charge in [0.15, 0.2) is 5.78 Å². The molecule has 0 amide bonds. The van der Waals surface area contributed by atoms with Gasteiger partial charge in [0, 0.05) is 31.1 Å². The van der Waals surface area contributed by atoms with E-state index in [-0.39, 0.29) is 0 Å². The Hall–Kier alpha value is -1.15. The second-order valence-electron chi connectivity index (χ2n) is 6.72. The summed E-state index contributed by atoms with van der Waals surface area (Å²) in [6, 6.07) is 6.96. The first-order valence-electron chi connectivity index (χ1n) is 7.97. The predicted octanol–water partition coefficient (Wildman–Crippen LogP) is 3.75. The van der Waals surface area contributed by atoms with E-state index in [2.05, 4.69) is 24.8 Å². The minimum absolute atomic E-state index is 0.304. The van der Waals surface area contributed by atoms with Crippen LogP contribution in [0.3, 0.4) is 0 Å². The van der Waals surface area contributed by atoms with Crippen molar-refractivity contribution in [3.05, 3.63) is 34.9 Å². The second kappa shape index (κ2) is 5.69. The van der Waals surface area contributed by atoms with Crippen LogP contribution < -0.4 is 0 Å². The van der Waals surface area contributed by atoms with Gasteiger partial charge in [-0.2, -0.15) is 0 Å². The molecular formula is C18H25NO. The number of carbonyl (C=O) groups excluding carboxylic acids is 1. The Morgan fingerprint density at radius 1 is 1.10 bits per heavy atom. The molecule has 2 aliphatic rings. The monoisotopic (exact) mass is 271 g/mol. The Labute approximate surface area is 122 Å². The fourth-order valence-corrected chi connectivity index (χ4v) is 3.02. The van der Waals surface area contributed by atoms with Crippen LogP contribution in [0.5, 0.6) is 0 Å². The number of ketones is 1. The Morgan fingerprint density at radius 3 is 2.30 bits per heavy atom. The van der Waals surface area contributed by atoms with E-state index in [1.165, 1.54) is 43.4 Å². The molecule has 2 nitrogen and oxygen atoms in total. The van der Waals surface area contributed by atoms with Gasteiger partial charge in [-0.3, -0.25) is 9.69 Å². The summed E-state index contributed by atoms with van der Waals surface area (Å²) in [5.41, 5.74) is 3.26. The fourth-order valence-electron chi connectivity index (χ4n) is 3.02. The van der Waals surface area contributed by atoms with Gasteiger partial charge in [-0.25, -0.2) is 0 Å². The van der Waals surface area contributed by atoms with E-state index < -0.39 is 0 Å². The predicted molar refractivity (Wildman–Crippen MR) is 82.2 cm³/mol. The standard InChI is InChI=1S/C18H25NO/c1-13-9-14(2)11-16(10-13)18(20)7-8-19(17-5-6-17)12-15-3-4-15/h9-11,15,17H,3-8,12H2,1-2H3. The lowest BCUT2D eigenvalue weighted by Gasteiger charge is -2.21. The summed E-state index contributed by atoms with van der Waals surface area (Å²) < 4.78 is 0. The number of carbonyl (C=O) groups is 1. The molecule has 0 N–H and O–H groups in total. The zero-order valence-corrected chi connectivity index (χ0v) is 12.7. The largest absolute Gasteiger partial charge is 0.300 e. The average Bonchev–Trinajstić information content (AvgIpc) is 3.25. The molecule has 0 unspecified atom stereocenters. The van der Waals surface area contributed by atoms with E-state index in [1.807, 2.05) is 12.1 Å². The number of nitrogens with zero attached hydrogens (tertiary/aromatic N) is 1. The molecule has 0 saturated heterocycles. The first-order chi connectivity index (χ1) is 9.61. The Balaban J connectivity index is 1.57. The number of hydrogen-bond donors (Lipinski definition) is 0. The van der Waals surface area contributed by atoms with Crippen LogP contribution >= 0.6 is 0 Å². The van der Waals surface area contributed by atoms with Crippen LogP contribution in [0, 0.1) is 19.8 Å². The van der Waals surface area contributed by atoms with Crippen molar-refractivity contribution in [1.82, 2.24) is 4.90 Å². The van der Waals surface area contributed by atoms with Crippen molar-refractivity contribution in [3.63, 3.8) is 0 Å². The molecule has 2 heteroatoms. The third-order valence-corrected chi connectivity index (χ3v) is 4.42. The van der Waals surface area contributed by atoms with Gasteiger partial charge < -0.3 is 0 Å². The van der Waals surface area contributed by atoms with E-state index in [1.54, 1.807) is 0 Å². The molecule has 108 valence electrons. The summed E-state index contributed by atoms with van der Waals surface area (Å²) in [4.78, 5) is 14.9. The molecule has 1 aromatic carbocycles. The highest BCUT2D eigenvalue weighted by Gasteiger charge is 2.33. The van der Waals surface area contributed by atoms with Gasteiger partial charge in [0.05, 0.1) is 0 Å². The molecule has 20 heavy (non-hydrogen) atoms. The van der Waals surface area contributed by atoms with Crippen LogP contribution in [-0.2, 0) is 0 Å². The minimum atomic E-state index is 0.304. The maximum absolute atomic E-state index is 12.4. The molecular weight excluding hydrogens is 246 g/mol. The molecule has 2 fully saturated rings. The topological polar surface area (TPSA) is 20.3 Å². The first kappa shape index (κ1) is 13.8. The van der Waals surface area contributed by atoms with E-state index >= 15 is 0 Å². The van der Waals surface area contributed by atoms with Gasteiger partial charge in [0.1, 0.15) is 0 Å². The fraction of sp³-hybridized carbons (Fsp3) is 0.611. The second-order valence-corrected chi connectivity index (χ2v) is 6.72. The molecule has 0 aliphatic heterocycles. The molecule has 1 aromatic rings. The third kappa shape index (κ3) is 3.69. The molecule has 3 rings (SSSR count). The Kier molecular flexibility index (Phi) is 3.93. The van der Waals surface area contributed by atoms with Crippen LogP contribution in [-0.4, -0.2) is 29.8 Å². The molecule has 0 heterocycles. The molecule has 2 aliphatic carbocycles. The van der Waals surface area contributed by atoms with Crippen molar-refractivity contribution >= 4 is 5.78 Å². The highest BCUT2D eigenvalue weighted by molar-refractivity contribution is 5.96. The molecule has 0 atom stereocenters. The lowest BCUT2D eigenvalue weighted by Crippen LogP contribution is -2.30. The van der Waals surface area contributed by atoms with E-state index in [0.717, 1.165) is 24.1 Å². The molecule has 2 saturated carbocycles. The van der Waals surface area contributed by atoms with Crippen LogP contribution in [0.25, 0.3) is 0 Å². The van der Waals surface area contributed by atoms with Crippen LogP contribution in [0.15, 0.2) is 18.2 Å². The lowest BCUT2D eigenvalue weighted by molar-refractivity contribution is 0.0960. The highest BCUT2D eigenvalue weighted by Crippen LogP contribution is 2.34. The molecule has 0 radical (unpaired) electrons. The van der Waals surface area contributed by atoms with Crippen molar-refractivity contribution in [3.8, 4) is 0 Å². The maximum Gasteiger partial charge on any atom is 0.164 e. The number of rotatable bonds is 7. The van der Waals surface area contributed by atoms with Crippen molar-refractivity contribution in [2.75, 3.05) is 13.1 Å². The van der Waals surface area contributed by atoms with E-state index in [4.69, 9.17) is 0 Å². The van der Waals surface area contributed by atoms with Gasteiger partial charge in [0.25, 0.3) is 0 Å². The van der Waals surface area contributed by atoms with Crippen LogP contribution in [0.1, 0.15) is 53.6 Å². The molecule has 0 aromatic heterocycles. The van der Waals surface area contributed by atoms with Crippen LogP contribution in [0.4, 0.5) is 0 Å². The maximum atomic E-state index is 12.4. The van der Waals surface area contributed by atoms with Gasteiger partial charge in [-0.05, 0) is 57.6 Å². The Morgan fingerprint density at radius 2 is 1.75 bits per heavy atom. The Bertz CT molecular complexity index is 480. The normalized spacial score (nSPS) is 18.6. The zero-order chi connectivity index (χ0) is 14.1.